The fraction of sp³-hybridized carbons (Fsp3) is 0.636. The van der Waals surface area contributed by atoms with E-state index in [1.54, 1.807) is 26.8 Å². The summed E-state index contributed by atoms with van der Waals surface area (Å²) in [5.74, 6) is 0. The predicted molar refractivity (Wildman–Crippen MR) is 56.5 cm³/mol. The molecule has 0 radical (unpaired) electrons. The van der Waals surface area contributed by atoms with Crippen molar-refractivity contribution in [1.29, 1.82) is 0 Å². The van der Waals surface area contributed by atoms with E-state index in [0.717, 1.165) is 11.9 Å². The highest BCUT2D eigenvalue weighted by molar-refractivity contribution is 5.77. The van der Waals surface area contributed by atoms with E-state index < -0.39 is 17.7 Å². The molecule has 0 aromatic carbocycles. The lowest BCUT2D eigenvalue weighted by atomic mass is 10.2. The Labute approximate surface area is 89.9 Å². The minimum absolute atomic E-state index is 0.437. The summed E-state index contributed by atoms with van der Waals surface area (Å²) in [5.41, 5.74) is 0.485. The molecule has 0 saturated carbocycles. The third-order valence-electron chi connectivity index (χ3n) is 2.00. The highest BCUT2D eigenvalue weighted by Crippen LogP contribution is 2.18. The van der Waals surface area contributed by atoms with Crippen LogP contribution >= 0.6 is 0 Å². The SMILES string of the molecule is CC1=C[C@@H](C=O)N(C(=O)OC(C)(C)C)C1. The minimum atomic E-state index is -0.527. The summed E-state index contributed by atoms with van der Waals surface area (Å²) in [7, 11) is 0. The van der Waals surface area contributed by atoms with Crippen molar-refractivity contribution in [2.24, 2.45) is 0 Å². The molecule has 1 aliphatic rings. The molecule has 1 atom stereocenters. The monoisotopic (exact) mass is 211 g/mol. The predicted octanol–water partition coefficient (Wildman–Crippen LogP) is 1.75. The van der Waals surface area contributed by atoms with Crippen LogP contribution in [0.5, 0.6) is 0 Å². The average molecular weight is 211 g/mol. The maximum atomic E-state index is 11.7. The van der Waals surface area contributed by atoms with Crippen molar-refractivity contribution >= 4 is 12.4 Å². The van der Waals surface area contributed by atoms with Crippen LogP contribution in [0.2, 0.25) is 0 Å². The summed E-state index contributed by atoms with van der Waals surface area (Å²) in [6, 6.07) is -0.472. The first kappa shape index (κ1) is 11.8. The quantitative estimate of drug-likeness (QED) is 0.490. The molecule has 0 saturated heterocycles. The first-order valence-corrected chi connectivity index (χ1v) is 4.96. The Balaban J connectivity index is 2.66. The molecular weight excluding hydrogens is 194 g/mol. The van der Waals surface area contributed by atoms with Gasteiger partial charge in [-0.1, -0.05) is 11.6 Å². The summed E-state index contributed by atoms with van der Waals surface area (Å²) < 4.78 is 5.20. The van der Waals surface area contributed by atoms with Gasteiger partial charge in [0.1, 0.15) is 17.9 Å². The summed E-state index contributed by atoms with van der Waals surface area (Å²) >= 11 is 0. The lowest BCUT2D eigenvalue weighted by molar-refractivity contribution is -0.110. The Morgan fingerprint density at radius 3 is 2.67 bits per heavy atom. The van der Waals surface area contributed by atoms with Gasteiger partial charge in [-0.25, -0.2) is 4.79 Å². The maximum absolute atomic E-state index is 11.7. The molecule has 0 aromatic rings. The van der Waals surface area contributed by atoms with Crippen molar-refractivity contribution < 1.29 is 14.3 Å². The van der Waals surface area contributed by atoms with Crippen LogP contribution in [0.3, 0.4) is 0 Å². The number of rotatable bonds is 1. The average Bonchev–Trinajstić information content (AvgIpc) is 2.43. The van der Waals surface area contributed by atoms with Crippen molar-refractivity contribution in [3.05, 3.63) is 11.6 Å². The molecule has 1 aliphatic heterocycles. The van der Waals surface area contributed by atoms with E-state index in [4.69, 9.17) is 4.74 Å². The molecule has 0 bridgehead atoms. The van der Waals surface area contributed by atoms with Crippen LogP contribution in [0.15, 0.2) is 11.6 Å². The van der Waals surface area contributed by atoms with Gasteiger partial charge in [-0.15, -0.1) is 0 Å². The zero-order valence-corrected chi connectivity index (χ0v) is 9.61. The second-order valence-electron chi connectivity index (χ2n) is 4.75. The number of carbonyl (C=O) groups excluding carboxylic acids is 2. The molecule has 1 heterocycles. The Morgan fingerprint density at radius 1 is 1.60 bits per heavy atom. The number of nitrogens with zero attached hydrogens (tertiary/aromatic N) is 1. The summed E-state index contributed by atoms with van der Waals surface area (Å²) in [5, 5.41) is 0. The van der Waals surface area contributed by atoms with Crippen LogP contribution in [0.1, 0.15) is 27.7 Å². The molecule has 1 rings (SSSR count). The number of amides is 1. The zero-order chi connectivity index (χ0) is 11.6. The third kappa shape index (κ3) is 3.08. The summed E-state index contributed by atoms with van der Waals surface area (Å²) in [4.78, 5) is 23.9. The van der Waals surface area contributed by atoms with Gasteiger partial charge in [-0.2, -0.15) is 0 Å². The molecule has 0 unspecified atom stereocenters. The van der Waals surface area contributed by atoms with Gasteiger partial charge in [0, 0.05) is 6.54 Å². The standard InChI is InChI=1S/C11H17NO3/c1-8-5-9(7-13)12(6-8)10(14)15-11(2,3)4/h5,7,9H,6H2,1-4H3/t9-/m0/s1. The number of carbonyl (C=O) groups is 2. The van der Waals surface area contributed by atoms with E-state index in [0.29, 0.717) is 6.54 Å². The lowest BCUT2D eigenvalue weighted by Crippen LogP contribution is -2.41. The molecule has 0 aromatic heterocycles. The molecule has 4 heteroatoms. The van der Waals surface area contributed by atoms with Gasteiger partial charge in [0.05, 0.1) is 0 Å². The van der Waals surface area contributed by atoms with Crippen molar-refractivity contribution in [3.8, 4) is 0 Å². The fourth-order valence-electron chi connectivity index (χ4n) is 1.43. The smallest absolute Gasteiger partial charge is 0.411 e. The maximum Gasteiger partial charge on any atom is 0.411 e. The molecule has 0 aliphatic carbocycles. The Morgan fingerprint density at radius 2 is 2.20 bits per heavy atom. The number of hydrogen-bond donors (Lipinski definition) is 0. The highest BCUT2D eigenvalue weighted by atomic mass is 16.6. The third-order valence-corrected chi connectivity index (χ3v) is 2.00. The van der Waals surface area contributed by atoms with Crippen molar-refractivity contribution in [2.75, 3.05) is 6.54 Å². The van der Waals surface area contributed by atoms with Crippen LogP contribution in [0, 0.1) is 0 Å². The second-order valence-corrected chi connectivity index (χ2v) is 4.75. The van der Waals surface area contributed by atoms with Crippen molar-refractivity contribution in [1.82, 2.24) is 4.90 Å². The second kappa shape index (κ2) is 4.04. The van der Waals surface area contributed by atoms with Gasteiger partial charge in [-0.05, 0) is 27.7 Å². The first-order valence-electron chi connectivity index (χ1n) is 4.96. The largest absolute Gasteiger partial charge is 0.444 e. The van der Waals surface area contributed by atoms with E-state index in [1.165, 1.54) is 4.90 Å². The minimum Gasteiger partial charge on any atom is -0.444 e. The Kier molecular flexibility index (Phi) is 3.17. The van der Waals surface area contributed by atoms with Crippen LogP contribution < -0.4 is 0 Å². The molecule has 4 nitrogen and oxygen atoms in total. The number of aldehydes is 1. The van der Waals surface area contributed by atoms with Gasteiger partial charge in [0.2, 0.25) is 0 Å². The zero-order valence-electron chi connectivity index (χ0n) is 9.61. The summed E-state index contributed by atoms with van der Waals surface area (Å²) in [6.07, 6.45) is 2.09. The van der Waals surface area contributed by atoms with Crippen molar-refractivity contribution in [3.63, 3.8) is 0 Å². The molecule has 15 heavy (non-hydrogen) atoms. The Hall–Kier alpha value is -1.32. The van der Waals surface area contributed by atoms with Gasteiger partial charge in [0.15, 0.2) is 0 Å². The van der Waals surface area contributed by atoms with E-state index in [9.17, 15) is 9.59 Å². The fourth-order valence-corrected chi connectivity index (χ4v) is 1.43. The lowest BCUT2D eigenvalue weighted by Gasteiger charge is -2.26. The van der Waals surface area contributed by atoms with Crippen LogP contribution in [0.25, 0.3) is 0 Å². The molecule has 0 N–H and O–H groups in total. The van der Waals surface area contributed by atoms with E-state index in [2.05, 4.69) is 0 Å². The molecule has 84 valence electrons. The molecule has 0 spiro atoms. The first-order chi connectivity index (χ1) is 6.83. The van der Waals surface area contributed by atoms with E-state index in [1.807, 2.05) is 6.92 Å². The van der Waals surface area contributed by atoms with Crippen molar-refractivity contribution in [2.45, 2.75) is 39.3 Å². The number of ether oxygens (including phenoxy) is 1. The van der Waals surface area contributed by atoms with E-state index >= 15 is 0 Å². The number of hydrogen-bond acceptors (Lipinski definition) is 3. The summed E-state index contributed by atoms with van der Waals surface area (Å²) in [6.45, 7) is 7.77. The van der Waals surface area contributed by atoms with Gasteiger partial charge >= 0.3 is 6.09 Å². The normalized spacial score (nSPS) is 21.2. The topological polar surface area (TPSA) is 46.6 Å². The van der Waals surface area contributed by atoms with Gasteiger partial charge in [0.25, 0.3) is 0 Å². The highest BCUT2D eigenvalue weighted by Gasteiger charge is 2.30. The van der Waals surface area contributed by atoms with Gasteiger partial charge < -0.3 is 9.53 Å². The Bertz CT molecular complexity index is 301. The molecule has 1 amide bonds. The van der Waals surface area contributed by atoms with Crippen LogP contribution in [-0.4, -0.2) is 35.5 Å². The van der Waals surface area contributed by atoms with Crippen LogP contribution in [-0.2, 0) is 9.53 Å². The van der Waals surface area contributed by atoms with Crippen LogP contribution in [0.4, 0.5) is 4.79 Å². The molecule has 0 fully saturated rings. The molecular formula is C11H17NO3. The van der Waals surface area contributed by atoms with E-state index in [-0.39, 0.29) is 0 Å². The van der Waals surface area contributed by atoms with Gasteiger partial charge in [-0.3, -0.25) is 4.90 Å².